The van der Waals surface area contributed by atoms with E-state index >= 15 is 0 Å². The molecule has 1 atom stereocenters. The Balaban J connectivity index is 2.37. The Kier molecular flexibility index (Phi) is 5.56. The number of aromatic nitrogens is 2. The summed E-state index contributed by atoms with van der Waals surface area (Å²) in [6, 6.07) is -1.28. The van der Waals surface area contributed by atoms with Crippen molar-refractivity contribution >= 4 is 22.2 Å². The van der Waals surface area contributed by atoms with E-state index in [4.69, 9.17) is 4.74 Å². The van der Waals surface area contributed by atoms with Crippen LogP contribution in [0, 0.1) is 0 Å². The molecule has 1 unspecified atom stereocenters. The van der Waals surface area contributed by atoms with E-state index in [1.54, 1.807) is 20.8 Å². The molecule has 2 rings (SSSR count). The predicted molar refractivity (Wildman–Crippen MR) is 85.5 cm³/mol. The number of halogens is 3. The second kappa shape index (κ2) is 7.14. The third-order valence-corrected chi connectivity index (χ3v) is 4.53. The molecular weight excluding hydrogens is 411 g/mol. The van der Waals surface area contributed by atoms with Crippen LogP contribution in [-0.4, -0.2) is 59.8 Å². The van der Waals surface area contributed by atoms with Gasteiger partial charge in [-0.1, -0.05) is 0 Å². The molecule has 1 amide bonds. The van der Waals surface area contributed by atoms with E-state index in [2.05, 4.69) is 19.1 Å². The van der Waals surface area contributed by atoms with Crippen LogP contribution in [0.2, 0.25) is 0 Å². The minimum Gasteiger partial charge on any atom is -0.467 e. The first kappa shape index (κ1) is 21.8. The topological polar surface area (TPSA) is 128 Å². The van der Waals surface area contributed by atoms with Gasteiger partial charge in [0.25, 0.3) is 5.88 Å². The molecule has 0 radical (unpaired) electrons. The van der Waals surface area contributed by atoms with Gasteiger partial charge in [-0.3, -0.25) is 10.00 Å². The smallest absolute Gasteiger partial charge is 0.467 e. The highest BCUT2D eigenvalue weighted by Crippen LogP contribution is 2.33. The van der Waals surface area contributed by atoms with Crippen molar-refractivity contribution in [1.29, 1.82) is 0 Å². The number of amides is 1. The summed E-state index contributed by atoms with van der Waals surface area (Å²) < 4.78 is 74.0. The zero-order valence-electron chi connectivity index (χ0n) is 15.3. The second-order valence-corrected chi connectivity index (χ2v) is 8.36. The van der Waals surface area contributed by atoms with Crippen LogP contribution in [0.4, 0.5) is 18.0 Å². The van der Waals surface area contributed by atoms with Crippen LogP contribution in [0.25, 0.3) is 0 Å². The first-order chi connectivity index (χ1) is 12.7. The molecule has 1 aliphatic rings. The van der Waals surface area contributed by atoms with Gasteiger partial charge in [0.1, 0.15) is 11.6 Å². The van der Waals surface area contributed by atoms with Crippen molar-refractivity contribution in [1.82, 2.24) is 15.1 Å². The third-order valence-electron chi connectivity index (χ3n) is 3.59. The molecule has 10 nitrogen and oxygen atoms in total. The number of nitrogens with zero attached hydrogens (tertiary/aromatic N) is 2. The van der Waals surface area contributed by atoms with Gasteiger partial charge >= 0.3 is 27.7 Å². The number of esters is 1. The van der Waals surface area contributed by atoms with Gasteiger partial charge in [-0.05, 0) is 20.8 Å². The fourth-order valence-electron chi connectivity index (χ4n) is 2.39. The zero-order valence-corrected chi connectivity index (χ0v) is 16.1. The summed E-state index contributed by atoms with van der Waals surface area (Å²) >= 11 is 0. The molecule has 2 heterocycles. The maximum absolute atomic E-state index is 12.5. The van der Waals surface area contributed by atoms with Crippen molar-refractivity contribution < 1.29 is 44.8 Å². The average Bonchev–Trinajstić information content (AvgIpc) is 2.91. The molecule has 158 valence electrons. The lowest BCUT2D eigenvalue weighted by molar-refractivity contribution is -0.147. The van der Waals surface area contributed by atoms with E-state index in [0.717, 1.165) is 12.0 Å². The Morgan fingerprint density at radius 2 is 1.86 bits per heavy atom. The molecule has 0 bridgehead atoms. The molecule has 0 aromatic carbocycles. The molecule has 1 aromatic heterocycles. The molecule has 0 saturated heterocycles. The Morgan fingerprint density at radius 1 is 1.25 bits per heavy atom. The number of nitrogens with one attached hydrogen (secondary N) is 1. The van der Waals surface area contributed by atoms with E-state index in [0.29, 0.717) is 0 Å². The van der Waals surface area contributed by atoms with Gasteiger partial charge in [0.2, 0.25) is 0 Å². The molecule has 1 aliphatic heterocycles. The minimum absolute atomic E-state index is 0.0944. The standard InChI is InChI=1S/C14H18F3N3O7S/c1-13(2,3)26-12(22)20-6-8-7(5-9(20)11(21)25-4)10(19-18-8)27-28(23,24)14(15,16)17/h9H,5-6H2,1-4H3,(H,18,19). The van der Waals surface area contributed by atoms with Gasteiger partial charge < -0.3 is 13.7 Å². The molecule has 0 saturated carbocycles. The summed E-state index contributed by atoms with van der Waals surface area (Å²) in [7, 11) is -4.89. The van der Waals surface area contributed by atoms with Crippen LogP contribution < -0.4 is 4.18 Å². The van der Waals surface area contributed by atoms with Crippen molar-refractivity contribution in [2.24, 2.45) is 0 Å². The van der Waals surface area contributed by atoms with E-state index < -0.39 is 45.2 Å². The lowest BCUT2D eigenvalue weighted by Gasteiger charge is -2.34. The summed E-state index contributed by atoms with van der Waals surface area (Å²) in [6.45, 7) is 4.51. The summed E-state index contributed by atoms with van der Waals surface area (Å²) in [5.41, 5.74) is -6.53. The van der Waals surface area contributed by atoms with Crippen LogP contribution in [0.3, 0.4) is 0 Å². The predicted octanol–water partition coefficient (Wildman–Crippen LogP) is 1.47. The first-order valence-corrected chi connectivity index (χ1v) is 9.21. The summed E-state index contributed by atoms with van der Waals surface area (Å²) in [6.07, 6.45) is -1.26. The number of fused-ring (bicyclic) bond motifs is 1. The van der Waals surface area contributed by atoms with Gasteiger partial charge in [0, 0.05) is 12.0 Å². The number of alkyl halides is 3. The second-order valence-electron chi connectivity index (χ2n) is 6.82. The van der Waals surface area contributed by atoms with Gasteiger partial charge in [-0.2, -0.15) is 21.6 Å². The molecule has 14 heteroatoms. The first-order valence-electron chi connectivity index (χ1n) is 7.80. The van der Waals surface area contributed by atoms with Crippen LogP contribution in [0.1, 0.15) is 32.0 Å². The normalized spacial score (nSPS) is 17.7. The highest BCUT2D eigenvalue weighted by Gasteiger charge is 2.50. The number of rotatable bonds is 3. The molecule has 1 N–H and O–H groups in total. The number of carbonyl (C=O) groups excluding carboxylic acids is 2. The quantitative estimate of drug-likeness (QED) is 0.435. The number of aromatic amines is 1. The zero-order chi connectivity index (χ0) is 21.5. The summed E-state index contributed by atoms with van der Waals surface area (Å²) in [5, 5.41) is 5.74. The Labute approximate surface area is 158 Å². The monoisotopic (exact) mass is 429 g/mol. The maximum Gasteiger partial charge on any atom is 0.534 e. The molecule has 0 fully saturated rings. The lowest BCUT2D eigenvalue weighted by Crippen LogP contribution is -2.50. The van der Waals surface area contributed by atoms with E-state index in [1.165, 1.54) is 0 Å². The molecule has 0 spiro atoms. The van der Waals surface area contributed by atoms with Gasteiger partial charge in [-0.25, -0.2) is 9.59 Å². The number of H-pyrrole nitrogens is 1. The van der Waals surface area contributed by atoms with Crippen molar-refractivity contribution in [3.63, 3.8) is 0 Å². The molecule has 1 aromatic rings. The van der Waals surface area contributed by atoms with E-state index in [9.17, 15) is 31.2 Å². The van der Waals surface area contributed by atoms with Crippen molar-refractivity contribution in [2.45, 2.75) is 50.9 Å². The third kappa shape index (κ3) is 4.48. The summed E-state index contributed by atoms with van der Waals surface area (Å²) in [4.78, 5) is 25.5. The number of methoxy groups -OCH3 is 1. The number of ether oxygens (including phenoxy) is 2. The highest BCUT2D eigenvalue weighted by molar-refractivity contribution is 7.87. The molecular formula is C14H18F3N3O7S. The van der Waals surface area contributed by atoms with Crippen molar-refractivity contribution in [2.75, 3.05) is 7.11 Å². The minimum atomic E-state index is -5.96. The van der Waals surface area contributed by atoms with Gasteiger partial charge in [0.15, 0.2) is 0 Å². The fraction of sp³-hybridized carbons (Fsp3) is 0.643. The number of hydrogen-bond acceptors (Lipinski definition) is 8. The SMILES string of the molecule is COC(=O)C1Cc2c(OS(=O)(=O)C(F)(F)F)n[nH]c2CN1C(=O)OC(C)(C)C. The van der Waals surface area contributed by atoms with Crippen LogP contribution in [-0.2, 0) is 37.4 Å². The van der Waals surface area contributed by atoms with E-state index in [1.807, 2.05) is 0 Å². The Hall–Kier alpha value is -2.51. The summed E-state index contributed by atoms with van der Waals surface area (Å²) in [5.74, 6) is -1.73. The van der Waals surface area contributed by atoms with E-state index in [-0.39, 0.29) is 24.2 Å². The maximum atomic E-state index is 12.5. The Bertz CT molecular complexity index is 874. The van der Waals surface area contributed by atoms with Crippen LogP contribution in [0.15, 0.2) is 0 Å². The van der Waals surface area contributed by atoms with Crippen LogP contribution in [0.5, 0.6) is 5.88 Å². The lowest BCUT2D eigenvalue weighted by atomic mass is 9.99. The Morgan fingerprint density at radius 3 is 2.36 bits per heavy atom. The van der Waals surface area contributed by atoms with Gasteiger partial charge in [0.05, 0.1) is 19.3 Å². The van der Waals surface area contributed by atoms with Gasteiger partial charge in [-0.15, -0.1) is 5.10 Å². The molecule has 0 aliphatic carbocycles. The van der Waals surface area contributed by atoms with Crippen LogP contribution >= 0.6 is 0 Å². The largest absolute Gasteiger partial charge is 0.534 e. The number of hydrogen-bond donors (Lipinski definition) is 1. The molecule has 28 heavy (non-hydrogen) atoms. The van der Waals surface area contributed by atoms with Crippen molar-refractivity contribution in [3.05, 3.63) is 11.3 Å². The fourth-order valence-corrected chi connectivity index (χ4v) is 2.83. The highest BCUT2D eigenvalue weighted by atomic mass is 32.2. The van der Waals surface area contributed by atoms with Crippen molar-refractivity contribution in [3.8, 4) is 5.88 Å². The number of carbonyl (C=O) groups is 2. The average molecular weight is 429 g/mol.